The number of amides is 6. The predicted molar refractivity (Wildman–Crippen MR) is 121 cm³/mol. The summed E-state index contributed by atoms with van der Waals surface area (Å²) in [6.45, 7) is 1.72. The van der Waals surface area contributed by atoms with E-state index in [0.717, 1.165) is 34.4 Å². The van der Waals surface area contributed by atoms with E-state index >= 15 is 0 Å². The fraction of sp³-hybridized carbons (Fsp3) is 0.455. The van der Waals surface area contributed by atoms with Gasteiger partial charge in [0.15, 0.2) is 0 Å². The Morgan fingerprint density at radius 2 is 2.03 bits per heavy atom. The van der Waals surface area contributed by atoms with E-state index in [9.17, 15) is 24.0 Å². The van der Waals surface area contributed by atoms with E-state index < -0.39 is 35.2 Å². The summed E-state index contributed by atoms with van der Waals surface area (Å²) in [5.41, 5.74) is -0.193. The van der Waals surface area contributed by atoms with Crippen molar-refractivity contribution in [3.8, 4) is 0 Å². The molecule has 2 saturated heterocycles. The molecule has 3 heterocycles. The van der Waals surface area contributed by atoms with E-state index in [-0.39, 0.29) is 23.9 Å². The molecule has 1 aliphatic carbocycles. The smallest absolute Gasteiger partial charge is 0.325 e. The molecule has 4 rings (SSSR count). The zero-order valence-electron chi connectivity index (χ0n) is 18.2. The first-order valence-corrected chi connectivity index (χ1v) is 11.7. The van der Waals surface area contributed by atoms with Crippen LogP contribution in [-0.4, -0.2) is 68.9 Å². The standard InChI is InChI=1S/C22H25N5O5S/c1-14-4-6-22(7-5-14)19(30)27(20(31)25-22)13-17(28)24-9-10-26-18(29)16(33-21(26)32)11-15-3-2-8-23-12-15/h2-3,8,11-12,14H,4-7,9-10,13H2,1H3,(H,24,28)(H,25,31)/b16-11-. The van der Waals surface area contributed by atoms with Gasteiger partial charge in [-0.1, -0.05) is 13.0 Å². The SMILES string of the molecule is CC1CCC2(CC1)NC(=O)N(CC(=O)NCCN1C(=O)S/C(=C\c3cccnc3)C1=O)C2=O. The maximum Gasteiger partial charge on any atom is 0.325 e. The van der Waals surface area contributed by atoms with Crippen LogP contribution in [-0.2, 0) is 14.4 Å². The van der Waals surface area contributed by atoms with E-state index in [0.29, 0.717) is 24.3 Å². The maximum absolute atomic E-state index is 12.8. The normalized spacial score (nSPS) is 26.5. The number of nitrogens with one attached hydrogen (secondary N) is 2. The molecule has 174 valence electrons. The average Bonchev–Trinajstić information content (AvgIpc) is 3.18. The highest BCUT2D eigenvalue weighted by Gasteiger charge is 2.52. The van der Waals surface area contributed by atoms with E-state index in [1.807, 2.05) is 0 Å². The van der Waals surface area contributed by atoms with Crippen molar-refractivity contribution >= 4 is 46.8 Å². The maximum atomic E-state index is 12.8. The van der Waals surface area contributed by atoms with Crippen molar-refractivity contribution in [3.63, 3.8) is 0 Å². The number of thioether (sulfide) groups is 1. The molecule has 11 heteroatoms. The van der Waals surface area contributed by atoms with Crippen molar-refractivity contribution in [1.29, 1.82) is 0 Å². The van der Waals surface area contributed by atoms with Gasteiger partial charge in [-0.05, 0) is 61.1 Å². The molecule has 6 amide bonds. The van der Waals surface area contributed by atoms with Crippen LogP contribution in [0.5, 0.6) is 0 Å². The first-order chi connectivity index (χ1) is 15.8. The molecule has 0 atom stereocenters. The summed E-state index contributed by atoms with van der Waals surface area (Å²) >= 11 is 0.827. The fourth-order valence-electron chi connectivity index (χ4n) is 4.23. The summed E-state index contributed by atoms with van der Waals surface area (Å²) in [7, 11) is 0. The number of rotatable bonds is 6. The number of aromatic nitrogens is 1. The highest BCUT2D eigenvalue weighted by atomic mass is 32.2. The molecule has 0 aromatic carbocycles. The van der Waals surface area contributed by atoms with Gasteiger partial charge < -0.3 is 10.6 Å². The second kappa shape index (κ2) is 9.34. The van der Waals surface area contributed by atoms with E-state index in [2.05, 4.69) is 22.5 Å². The number of carbonyl (C=O) groups excluding carboxylic acids is 5. The summed E-state index contributed by atoms with van der Waals surface area (Å²) in [4.78, 5) is 68.5. The molecular formula is C22H25N5O5S. The lowest BCUT2D eigenvalue weighted by molar-refractivity contribution is -0.136. The number of nitrogens with zero attached hydrogens (tertiary/aromatic N) is 3. The molecule has 0 radical (unpaired) electrons. The zero-order chi connectivity index (χ0) is 23.6. The Hall–Kier alpha value is -3.21. The zero-order valence-corrected chi connectivity index (χ0v) is 19.0. The molecule has 33 heavy (non-hydrogen) atoms. The molecule has 1 aromatic heterocycles. The summed E-state index contributed by atoms with van der Waals surface area (Å²) < 4.78 is 0. The number of hydrogen-bond acceptors (Lipinski definition) is 7. The van der Waals surface area contributed by atoms with Crippen molar-refractivity contribution in [2.75, 3.05) is 19.6 Å². The molecule has 2 aliphatic heterocycles. The molecule has 10 nitrogen and oxygen atoms in total. The molecule has 2 N–H and O–H groups in total. The van der Waals surface area contributed by atoms with Crippen LogP contribution in [0.25, 0.3) is 6.08 Å². The monoisotopic (exact) mass is 471 g/mol. The second-order valence-electron chi connectivity index (χ2n) is 8.56. The number of urea groups is 1. The van der Waals surface area contributed by atoms with Crippen molar-refractivity contribution in [1.82, 2.24) is 25.4 Å². The number of carbonyl (C=O) groups is 5. The summed E-state index contributed by atoms with van der Waals surface area (Å²) in [5.74, 6) is -0.823. The third-order valence-electron chi connectivity index (χ3n) is 6.19. The minimum absolute atomic E-state index is 0.0112. The summed E-state index contributed by atoms with van der Waals surface area (Å²) in [6, 6.07) is 2.94. The van der Waals surface area contributed by atoms with Crippen LogP contribution in [0.4, 0.5) is 9.59 Å². The Bertz CT molecular complexity index is 1020. The van der Waals surface area contributed by atoms with Crippen LogP contribution in [0.1, 0.15) is 38.2 Å². The van der Waals surface area contributed by atoms with E-state index in [1.165, 1.54) is 0 Å². The lowest BCUT2D eigenvalue weighted by Crippen LogP contribution is -2.50. The van der Waals surface area contributed by atoms with Crippen LogP contribution < -0.4 is 10.6 Å². The van der Waals surface area contributed by atoms with Gasteiger partial charge in [-0.2, -0.15) is 0 Å². The van der Waals surface area contributed by atoms with Gasteiger partial charge in [-0.3, -0.25) is 34.0 Å². The van der Waals surface area contributed by atoms with Crippen LogP contribution in [0.3, 0.4) is 0 Å². The third-order valence-corrected chi connectivity index (χ3v) is 7.10. The van der Waals surface area contributed by atoms with Crippen LogP contribution in [0, 0.1) is 5.92 Å². The predicted octanol–water partition coefficient (Wildman–Crippen LogP) is 1.73. The van der Waals surface area contributed by atoms with Crippen LogP contribution >= 0.6 is 11.8 Å². The highest BCUT2D eigenvalue weighted by Crippen LogP contribution is 2.36. The Morgan fingerprint density at radius 3 is 2.73 bits per heavy atom. The molecule has 1 spiro atoms. The topological polar surface area (TPSA) is 129 Å². The minimum atomic E-state index is -0.896. The van der Waals surface area contributed by atoms with Crippen LogP contribution in [0.15, 0.2) is 29.4 Å². The lowest BCUT2D eigenvalue weighted by Gasteiger charge is -2.33. The Balaban J connectivity index is 1.28. The van der Waals surface area contributed by atoms with Gasteiger partial charge in [-0.15, -0.1) is 0 Å². The third kappa shape index (κ3) is 4.77. The van der Waals surface area contributed by atoms with E-state index in [4.69, 9.17) is 0 Å². The number of imide groups is 2. The largest absolute Gasteiger partial charge is 0.353 e. The first-order valence-electron chi connectivity index (χ1n) is 10.9. The van der Waals surface area contributed by atoms with Crippen LogP contribution in [0.2, 0.25) is 0 Å². The molecule has 0 bridgehead atoms. The van der Waals surface area contributed by atoms with Gasteiger partial charge in [0.05, 0.1) is 4.91 Å². The molecule has 3 fully saturated rings. The van der Waals surface area contributed by atoms with Crippen molar-refractivity contribution < 1.29 is 24.0 Å². The van der Waals surface area contributed by atoms with Gasteiger partial charge in [0, 0.05) is 25.5 Å². The van der Waals surface area contributed by atoms with Gasteiger partial charge in [0.2, 0.25) is 5.91 Å². The number of hydrogen-bond donors (Lipinski definition) is 2. The molecule has 1 aromatic rings. The molecule has 0 unspecified atom stereocenters. The Kier molecular flexibility index (Phi) is 6.50. The second-order valence-corrected chi connectivity index (χ2v) is 9.55. The van der Waals surface area contributed by atoms with Gasteiger partial charge >= 0.3 is 6.03 Å². The summed E-state index contributed by atoms with van der Waals surface area (Å²) in [6.07, 6.45) is 7.63. The Labute approximate surface area is 195 Å². The van der Waals surface area contributed by atoms with Gasteiger partial charge in [0.25, 0.3) is 17.1 Å². The average molecular weight is 472 g/mol. The quantitative estimate of drug-likeness (QED) is 0.478. The van der Waals surface area contributed by atoms with Gasteiger partial charge in [0.1, 0.15) is 12.1 Å². The van der Waals surface area contributed by atoms with Crippen molar-refractivity contribution in [2.45, 2.75) is 38.1 Å². The van der Waals surface area contributed by atoms with Crippen molar-refractivity contribution in [2.24, 2.45) is 5.92 Å². The minimum Gasteiger partial charge on any atom is -0.353 e. The molecular weight excluding hydrogens is 446 g/mol. The first kappa shape index (κ1) is 23.0. The Morgan fingerprint density at radius 1 is 1.27 bits per heavy atom. The summed E-state index contributed by atoms with van der Waals surface area (Å²) in [5, 5.41) is 4.94. The highest BCUT2D eigenvalue weighted by molar-refractivity contribution is 8.18. The van der Waals surface area contributed by atoms with E-state index in [1.54, 1.807) is 30.6 Å². The molecule has 1 saturated carbocycles. The molecule has 3 aliphatic rings. The van der Waals surface area contributed by atoms with Gasteiger partial charge in [-0.25, -0.2) is 4.79 Å². The number of pyridine rings is 1. The lowest BCUT2D eigenvalue weighted by atomic mass is 9.77. The fourth-order valence-corrected chi connectivity index (χ4v) is 5.09. The van der Waals surface area contributed by atoms with Crippen molar-refractivity contribution in [3.05, 3.63) is 35.0 Å².